The molecular formula is C19H15ClN2O4. The molecule has 1 amide bonds. The summed E-state index contributed by atoms with van der Waals surface area (Å²) in [6, 6.07) is 14.2. The number of amides is 1. The fourth-order valence-electron chi connectivity index (χ4n) is 2.63. The van der Waals surface area contributed by atoms with Gasteiger partial charge in [-0.15, -0.1) is 0 Å². The smallest absolute Gasteiger partial charge is 0.230 e. The Labute approximate surface area is 154 Å². The van der Waals surface area contributed by atoms with Gasteiger partial charge in [0.2, 0.25) is 5.91 Å². The largest absolute Gasteiger partial charge is 0.486 e. The number of hydrogen-bond donors (Lipinski definition) is 1. The van der Waals surface area contributed by atoms with Gasteiger partial charge in [0.25, 0.3) is 0 Å². The van der Waals surface area contributed by atoms with Crippen LogP contribution in [-0.2, 0) is 11.2 Å². The van der Waals surface area contributed by atoms with E-state index in [9.17, 15) is 4.79 Å². The molecule has 0 aliphatic carbocycles. The Morgan fingerprint density at radius 2 is 1.81 bits per heavy atom. The molecule has 2 heterocycles. The lowest BCUT2D eigenvalue weighted by atomic mass is 10.1. The molecule has 4 rings (SSSR count). The first-order chi connectivity index (χ1) is 12.7. The highest BCUT2D eigenvalue weighted by Crippen LogP contribution is 2.34. The number of anilines is 1. The van der Waals surface area contributed by atoms with Crippen molar-refractivity contribution in [1.82, 2.24) is 5.16 Å². The predicted octanol–water partition coefficient (Wildman–Crippen LogP) is 3.95. The van der Waals surface area contributed by atoms with Gasteiger partial charge < -0.3 is 19.3 Å². The number of rotatable bonds is 4. The van der Waals surface area contributed by atoms with E-state index >= 15 is 0 Å². The van der Waals surface area contributed by atoms with E-state index in [1.54, 1.807) is 30.3 Å². The number of carbonyl (C=O) groups excluding carboxylic acids is 1. The molecule has 0 unspecified atom stereocenters. The predicted molar refractivity (Wildman–Crippen MR) is 96.7 cm³/mol. The average molecular weight is 371 g/mol. The maximum Gasteiger partial charge on any atom is 0.230 e. The number of carbonyl (C=O) groups is 1. The summed E-state index contributed by atoms with van der Waals surface area (Å²) in [7, 11) is 0. The van der Waals surface area contributed by atoms with Crippen LogP contribution in [0.25, 0.3) is 11.3 Å². The molecule has 0 radical (unpaired) electrons. The van der Waals surface area contributed by atoms with Crippen molar-refractivity contribution in [1.29, 1.82) is 0 Å². The summed E-state index contributed by atoms with van der Waals surface area (Å²) < 4.78 is 16.4. The summed E-state index contributed by atoms with van der Waals surface area (Å²) in [5, 5.41) is 7.38. The van der Waals surface area contributed by atoms with E-state index in [4.69, 9.17) is 25.6 Å². The van der Waals surface area contributed by atoms with Crippen molar-refractivity contribution in [2.75, 3.05) is 18.5 Å². The monoisotopic (exact) mass is 370 g/mol. The second-order valence-electron chi connectivity index (χ2n) is 5.77. The van der Waals surface area contributed by atoms with Gasteiger partial charge in [0.15, 0.2) is 17.3 Å². The van der Waals surface area contributed by atoms with Crippen LogP contribution < -0.4 is 14.8 Å². The lowest BCUT2D eigenvalue weighted by Crippen LogP contribution is -2.15. The van der Waals surface area contributed by atoms with Crippen LogP contribution in [0.4, 0.5) is 5.69 Å². The summed E-state index contributed by atoms with van der Waals surface area (Å²) in [4.78, 5) is 12.1. The van der Waals surface area contributed by atoms with E-state index in [2.05, 4.69) is 10.5 Å². The standard InChI is InChI=1S/C19H15ClN2O4/c20-13-2-4-14(5-3-13)21-19(23)11-15-10-17(26-22-15)12-1-6-16-18(9-12)25-8-7-24-16/h1-6,9-10H,7-8,11H2,(H,21,23). The molecule has 7 heteroatoms. The van der Waals surface area contributed by atoms with Gasteiger partial charge >= 0.3 is 0 Å². The van der Waals surface area contributed by atoms with Gasteiger partial charge in [-0.25, -0.2) is 0 Å². The van der Waals surface area contributed by atoms with Crippen molar-refractivity contribution in [3.8, 4) is 22.8 Å². The van der Waals surface area contributed by atoms with Crippen LogP contribution in [-0.4, -0.2) is 24.3 Å². The first-order valence-electron chi connectivity index (χ1n) is 8.08. The molecule has 26 heavy (non-hydrogen) atoms. The number of hydrogen-bond acceptors (Lipinski definition) is 5. The molecule has 1 aliphatic rings. The van der Waals surface area contributed by atoms with Crippen LogP contribution in [0.5, 0.6) is 11.5 Å². The number of nitrogens with zero attached hydrogens (tertiary/aromatic N) is 1. The summed E-state index contributed by atoms with van der Waals surface area (Å²) in [5.41, 5.74) is 2.03. The third kappa shape index (κ3) is 3.65. The second kappa shape index (κ2) is 7.09. The Morgan fingerprint density at radius 3 is 2.62 bits per heavy atom. The molecule has 0 spiro atoms. The molecule has 132 valence electrons. The fraction of sp³-hybridized carbons (Fsp3) is 0.158. The van der Waals surface area contributed by atoms with Gasteiger partial charge in [-0.2, -0.15) is 0 Å². The Hall–Kier alpha value is -2.99. The van der Waals surface area contributed by atoms with Crippen LogP contribution >= 0.6 is 11.6 Å². The minimum atomic E-state index is -0.186. The molecule has 1 aliphatic heterocycles. The number of ether oxygens (including phenoxy) is 2. The van der Waals surface area contributed by atoms with Crippen molar-refractivity contribution in [2.24, 2.45) is 0 Å². The number of fused-ring (bicyclic) bond motifs is 1. The van der Waals surface area contributed by atoms with E-state index < -0.39 is 0 Å². The maximum atomic E-state index is 12.1. The SMILES string of the molecule is O=C(Cc1cc(-c2ccc3c(c2)OCCO3)on1)Nc1ccc(Cl)cc1. The zero-order valence-corrected chi connectivity index (χ0v) is 14.5. The van der Waals surface area contributed by atoms with Crippen LogP contribution in [0.3, 0.4) is 0 Å². The van der Waals surface area contributed by atoms with E-state index in [1.807, 2.05) is 18.2 Å². The van der Waals surface area contributed by atoms with Gasteiger partial charge in [0.05, 0.1) is 12.1 Å². The zero-order chi connectivity index (χ0) is 17.9. The van der Waals surface area contributed by atoms with Crippen molar-refractivity contribution >= 4 is 23.2 Å². The zero-order valence-electron chi connectivity index (χ0n) is 13.7. The number of halogens is 1. The van der Waals surface area contributed by atoms with Crippen molar-refractivity contribution in [3.63, 3.8) is 0 Å². The number of nitrogens with one attached hydrogen (secondary N) is 1. The molecule has 0 bridgehead atoms. The average Bonchev–Trinajstić information content (AvgIpc) is 3.11. The minimum absolute atomic E-state index is 0.108. The summed E-state index contributed by atoms with van der Waals surface area (Å²) in [6.07, 6.45) is 0.108. The van der Waals surface area contributed by atoms with Gasteiger partial charge in [-0.1, -0.05) is 16.8 Å². The molecule has 0 saturated carbocycles. The van der Waals surface area contributed by atoms with Crippen molar-refractivity contribution < 1.29 is 18.8 Å². The lowest BCUT2D eigenvalue weighted by Gasteiger charge is -2.18. The Morgan fingerprint density at radius 1 is 1.04 bits per heavy atom. The number of benzene rings is 2. The molecule has 2 aromatic carbocycles. The normalized spacial score (nSPS) is 12.7. The van der Waals surface area contributed by atoms with Gasteiger partial charge in [0, 0.05) is 22.3 Å². The van der Waals surface area contributed by atoms with Crippen LogP contribution in [0.2, 0.25) is 5.02 Å². The molecule has 3 aromatic rings. The molecule has 1 N–H and O–H groups in total. The molecule has 1 aromatic heterocycles. The molecular weight excluding hydrogens is 356 g/mol. The van der Waals surface area contributed by atoms with Crippen molar-refractivity contribution in [2.45, 2.75) is 6.42 Å². The quantitative estimate of drug-likeness (QED) is 0.752. The highest BCUT2D eigenvalue weighted by Gasteiger charge is 2.15. The minimum Gasteiger partial charge on any atom is -0.486 e. The maximum absolute atomic E-state index is 12.1. The Balaban J connectivity index is 1.44. The first-order valence-corrected chi connectivity index (χ1v) is 8.46. The highest BCUT2D eigenvalue weighted by molar-refractivity contribution is 6.30. The van der Waals surface area contributed by atoms with Crippen molar-refractivity contribution in [3.05, 3.63) is 59.2 Å². The molecule has 0 atom stereocenters. The third-order valence-electron chi connectivity index (χ3n) is 3.86. The van der Waals surface area contributed by atoms with Gasteiger partial charge in [-0.05, 0) is 42.5 Å². The molecule has 0 saturated heterocycles. The third-order valence-corrected chi connectivity index (χ3v) is 4.11. The molecule has 0 fully saturated rings. The topological polar surface area (TPSA) is 73.6 Å². The van der Waals surface area contributed by atoms with Crippen LogP contribution in [0, 0.1) is 0 Å². The fourth-order valence-corrected chi connectivity index (χ4v) is 2.76. The molecule has 6 nitrogen and oxygen atoms in total. The van der Waals surface area contributed by atoms with Crippen LogP contribution in [0.15, 0.2) is 53.1 Å². The highest BCUT2D eigenvalue weighted by atomic mass is 35.5. The van der Waals surface area contributed by atoms with E-state index in [0.29, 0.717) is 46.9 Å². The Bertz CT molecular complexity index is 937. The van der Waals surface area contributed by atoms with E-state index in [0.717, 1.165) is 5.56 Å². The summed E-state index contributed by atoms with van der Waals surface area (Å²) in [6.45, 7) is 1.06. The van der Waals surface area contributed by atoms with Gasteiger partial charge in [-0.3, -0.25) is 4.79 Å². The lowest BCUT2D eigenvalue weighted by molar-refractivity contribution is -0.115. The Kier molecular flexibility index (Phi) is 4.50. The summed E-state index contributed by atoms with van der Waals surface area (Å²) >= 11 is 5.83. The van der Waals surface area contributed by atoms with E-state index in [1.165, 1.54) is 0 Å². The second-order valence-corrected chi connectivity index (χ2v) is 6.21. The summed E-state index contributed by atoms with van der Waals surface area (Å²) in [5.74, 6) is 1.76. The van der Waals surface area contributed by atoms with Gasteiger partial charge in [0.1, 0.15) is 13.2 Å². The number of aromatic nitrogens is 1. The van der Waals surface area contributed by atoms with E-state index in [-0.39, 0.29) is 12.3 Å². The van der Waals surface area contributed by atoms with Crippen LogP contribution in [0.1, 0.15) is 5.69 Å². The first kappa shape index (κ1) is 16.5.